The molecule has 1 amide bonds. The molecule has 0 aliphatic carbocycles. The summed E-state index contributed by atoms with van der Waals surface area (Å²) in [6.45, 7) is 7.70. The summed E-state index contributed by atoms with van der Waals surface area (Å²) in [4.78, 5) is 14.0. The zero-order valence-electron chi connectivity index (χ0n) is 14.6. The average Bonchev–Trinajstić information content (AvgIpc) is 2.64. The summed E-state index contributed by atoms with van der Waals surface area (Å²) >= 11 is 0. The Labute approximate surface area is 131 Å². The topological polar surface area (TPSA) is 44.4 Å². The molecule has 4 heteroatoms. The van der Waals surface area contributed by atoms with E-state index in [0.717, 1.165) is 19.4 Å². The summed E-state index contributed by atoms with van der Waals surface area (Å²) in [5.41, 5.74) is 0. The van der Waals surface area contributed by atoms with E-state index in [1.165, 1.54) is 25.7 Å². The fourth-order valence-corrected chi connectivity index (χ4v) is 3.16. The highest BCUT2D eigenvalue weighted by Crippen LogP contribution is 2.14. The molecular weight excluding hydrogens is 262 g/mol. The molecule has 0 bridgehead atoms. The third-order valence-corrected chi connectivity index (χ3v) is 4.23. The van der Waals surface area contributed by atoms with E-state index in [1.54, 1.807) is 4.90 Å². The van der Waals surface area contributed by atoms with Gasteiger partial charge in [-0.15, -0.1) is 0 Å². The van der Waals surface area contributed by atoms with Crippen LogP contribution in [0.1, 0.15) is 59.3 Å². The van der Waals surface area contributed by atoms with Gasteiger partial charge in [-0.2, -0.15) is 0 Å². The Morgan fingerprint density at radius 1 is 1.24 bits per heavy atom. The molecule has 0 saturated carbocycles. The van der Waals surface area contributed by atoms with Crippen LogP contribution in [0.25, 0.3) is 0 Å². The van der Waals surface area contributed by atoms with E-state index in [4.69, 9.17) is 0 Å². The van der Waals surface area contributed by atoms with Gasteiger partial charge in [-0.25, -0.2) is 0 Å². The number of hydrogen-bond donors (Lipinski definition) is 2. The number of likely N-dealkylation sites (N-methyl/N-ethyl adjacent to an activating group) is 1. The van der Waals surface area contributed by atoms with E-state index in [2.05, 4.69) is 31.4 Å². The Kier molecular flexibility index (Phi) is 8.27. The van der Waals surface area contributed by atoms with Crippen molar-refractivity contribution in [3.8, 4) is 0 Å². The highest BCUT2D eigenvalue weighted by atomic mass is 16.2. The maximum Gasteiger partial charge on any atom is 0.239 e. The van der Waals surface area contributed by atoms with Gasteiger partial charge in [-0.3, -0.25) is 4.79 Å². The van der Waals surface area contributed by atoms with E-state index in [0.29, 0.717) is 18.0 Å². The van der Waals surface area contributed by atoms with Gasteiger partial charge >= 0.3 is 0 Å². The quantitative estimate of drug-likeness (QED) is 0.758. The van der Waals surface area contributed by atoms with Gasteiger partial charge in [0.15, 0.2) is 0 Å². The summed E-state index contributed by atoms with van der Waals surface area (Å²) in [6, 6.07) is 0.915. The summed E-state index contributed by atoms with van der Waals surface area (Å²) in [5, 5.41) is 7.21. The van der Waals surface area contributed by atoms with Crippen molar-refractivity contribution in [1.29, 1.82) is 0 Å². The van der Waals surface area contributed by atoms with E-state index in [9.17, 15) is 4.79 Å². The van der Waals surface area contributed by atoms with Gasteiger partial charge in [0, 0.05) is 26.2 Å². The molecular formula is C17H35N3O. The van der Waals surface area contributed by atoms with Crippen LogP contribution in [0.2, 0.25) is 0 Å². The smallest absolute Gasteiger partial charge is 0.239 e. The Balaban J connectivity index is 2.49. The van der Waals surface area contributed by atoms with Crippen molar-refractivity contribution < 1.29 is 4.79 Å². The van der Waals surface area contributed by atoms with Crippen molar-refractivity contribution in [3.63, 3.8) is 0 Å². The molecule has 1 fully saturated rings. The maximum absolute atomic E-state index is 12.3. The predicted octanol–water partition coefficient (Wildman–Crippen LogP) is 2.39. The fraction of sp³-hybridized carbons (Fsp3) is 0.941. The highest BCUT2D eigenvalue weighted by Gasteiger charge is 2.24. The zero-order chi connectivity index (χ0) is 15.8. The van der Waals surface area contributed by atoms with Gasteiger partial charge in [0.2, 0.25) is 5.91 Å². The summed E-state index contributed by atoms with van der Waals surface area (Å²) in [5.74, 6) is 0.721. The molecule has 1 rings (SSSR count). The van der Waals surface area contributed by atoms with Crippen molar-refractivity contribution in [3.05, 3.63) is 0 Å². The van der Waals surface area contributed by atoms with Gasteiger partial charge in [-0.05, 0) is 45.1 Å². The first-order valence-electron chi connectivity index (χ1n) is 8.60. The summed E-state index contributed by atoms with van der Waals surface area (Å²) in [7, 11) is 3.68. The van der Waals surface area contributed by atoms with Crippen LogP contribution >= 0.6 is 0 Å². The lowest BCUT2D eigenvalue weighted by molar-refractivity contribution is -0.131. The van der Waals surface area contributed by atoms with Crippen molar-refractivity contribution in [1.82, 2.24) is 15.5 Å². The minimum Gasteiger partial charge on any atom is -0.347 e. The molecule has 1 aliphatic heterocycles. The minimum absolute atomic E-state index is 0.0548. The lowest BCUT2D eigenvalue weighted by Gasteiger charge is -2.28. The van der Waals surface area contributed by atoms with Crippen molar-refractivity contribution in [2.24, 2.45) is 5.92 Å². The molecule has 1 heterocycles. The summed E-state index contributed by atoms with van der Waals surface area (Å²) < 4.78 is 0. The second-order valence-electron chi connectivity index (χ2n) is 7.22. The van der Waals surface area contributed by atoms with Crippen LogP contribution in [0.5, 0.6) is 0 Å². The van der Waals surface area contributed by atoms with Crippen LogP contribution in [0.4, 0.5) is 0 Å². The van der Waals surface area contributed by atoms with Gasteiger partial charge in [0.25, 0.3) is 0 Å². The first kappa shape index (κ1) is 18.4. The molecule has 0 radical (unpaired) electrons. The van der Waals surface area contributed by atoms with Crippen molar-refractivity contribution in [2.75, 3.05) is 20.6 Å². The standard InChI is InChI=1S/C17H35N3O/c1-13(2)11-16(17(21)20(4)5)19-14(3)12-15-9-7-6-8-10-18-15/h13-16,18-19H,6-12H2,1-5H3. The van der Waals surface area contributed by atoms with E-state index < -0.39 is 0 Å². The third kappa shape index (κ3) is 7.28. The fourth-order valence-electron chi connectivity index (χ4n) is 3.16. The van der Waals surface area contributed by atoms with Crippen LogP contribution < -0.4 is 10.6 Å². The second kappa shape index (κ2) is 9.42. The number of hydrogen-bond acceptors (Lipinski definition) is 3. The number of nitrogens with zero attached hydrogens (tertiary/aromatic N) is 1. The number of amides is 1. The Hall–Kier alpha value is -0.610. The molecule has 4 nitrogen and oxygen atoms in total. The monoisotopic (exact) mass is 297 g/mol. The van der Waals surface area contributed by atoms with Crippen molar-refractivity contribution >= 4 is 5.91 Å². The number of nitrogens with one attached hydrogen (secondary N) is 2. The lowest BCUT2D eigenvalue weighted by Crippen LogP contribution is -2.49. The first-order chi connectivity index (χ1) is 9.90. The zero-order valence-corrected chi connectivity index (χ0v) is 14.6. The molecule has 1 saturated heterocycles. The van der Waals surface area contributed by atoms with Crippen LogP contribution in [-0.4, -0.2) is 49.6 Å². The third-order valence-electron chi connectivity index (χ3n) is 4.23. The minimum atomic E-state index is -0.0548. The number of rotatable bonds is 7. The molecule has 2 N–H and O–H groups in total. The maximum atomic E-state index is 12.3. The molecule has 0 aromatic heterocycles. The summed E-state index contributed by atoms with van der Waals surface area (Å²) in [6.07, 6.45) is 7.25. The molecule has 21 heavy (non-hydrogen) atoms. The average molecular weight is 297 g/mol. The van der Waals surface area contributed by atoms with Gasteiger partial charge in [-0.1, -0.05) is 26.7 Å². The van der Waals surface area contributed by atoms with Crippen LogP contribution in [0.3, 0.4) is 0 Å². The molecule has 0 spiro atoms. The molecule has 3 atom stereocenters. The lowest BCUT2D eigenvalue weighted by atomic mass is 9.99. The van der Waals surface area contributed by atoms with E-state index in [1.807, 2.05) is 14.1 Å². The largest absolute Gasteiger partial charge is 0.347 e. The molecule has 1 aliphatic rings. The first-order valence-corrected chi connectivity index (χ1v) is 8.60. The predicted molar refractivity (Wildman–Crippen MR) is 89.4 cm³/mol. The molecule has 124 valence electrons. The highest BCUT2D eigenvalue weighted by molar-refractivity contribution is 5.81. The van der Waals surface area contributed by atoms with Crippen LogP contribution in [0.15, 0.2) is 0 Å². The molecule has 0 aromatic rings. The Morgan fingerprint density at radius 3 is 2.57 bits per heavy atom. The van der Waals surface area contributed by atoms with Gasteiger partial charge < -0.3 is 15.5 Å². The van der Waals surface area contributed by atoms with E-state index in [-0.39, 0.29) is 11.9 Å². The number of carbonyl (C=O) groups is 1. The van der Waals surface area contributed by atoms with E-state index >= 15 is 0 Å². The van der Waals surface area contributed by atoms with Crippen LogP contribution in [-0.2, 0) is 4.79 Å². The second-order valence-corrected chi connectivity index (χ2v) is 7.22. The molecule has 0 aromatic carbocycles. The Morgan fingerprint density at radius 2 is 1.95 bits per heavy atom. The van der Waals surface area contributed by atoms with Crippen LogP contribution in [0, 0.1) is 5.92 Å². The van der Waals surface area contributed by atoms with Gasteiger partial charge in [0.05, 0.1) is 6.04 Å². The SMILES string of the molecule is CC(C)CC(NC(C)CC1CCCCCN1)C(=O)N(C)C. The van der Waals surface area contributed by atoms with Gasteiger partial charge in [0.1, 0.15) is 0 Å². The molecule has 3 unspecified atom stereocenters. The number of carbonyl (C=O) groups excluding carboxylic acids is 1. The Bertz CT molecular complexity index is 296. The normalized spacial score (nSPS) is 22.7. The van der Waals surface area contributed by atoms with Crippen molar-refractivity contribution in [2.45, 2.75) is 77.4 Å².